The Bertz CT molecular complexity index is 400. The molecule has 86 valence electrons. The molecule has 0 bridgehead atoms. The number of hydrogen-bond donors (Lipinski definition) is 1. The summed E-state index contributed by atoms with van der Waals surface area (Å²) >= 11 is 1.33. The fraction of sp³-hybridized carbons (Fsp3) is 0.600. The summed E-state index contributed by atoms with van der Waals surface area (Å²) in [5, 5.41) is 9.94. The van der Waals surface area contributed by atoms with E-state index in [1.807, 2.05) is 0 Å². The van der Waals surface area contributed by atoms with E-state index in [1.54, 1.807) is 0 Å². The molecule has 0 atom stereocenters. The summed E-state index contributed by atoms with van der Waals surface area (Å²) in [4.78, 5) is 4.60. The molecule has 1 fully saturated rings. The minimum Gasteiger partial charge on any atom is -0.382 e. The third-order valence-electron chi connectivity index (χ3n) is 2.92. The van der Waals surface area contributed by atoms with Crippen LogP contribution in [0.1, 0.15) is 12.5 Å². The number of nitrogens with zero attached hydrogens (tertiary/aromatic N) is 4. The topological polar surface area (TPSA) is 69.2 Å². The molecule has 1 saturated heterocycles. The van der Waals surface area contributed by atoms with E-state index in [4.69, 9.17) is 11.0 Å². The standard InChI is InChI=1S/C10H15N5S/c1-2-14-3-5-15(6-4-14)10-8(7-11)9(12)13-16-10/h2-6H2,1H3,(H2,12,13). The molecule has 2 heterocycles. The molecule has 2 rings (SSSR count). The molecule has 16 heavy (non-hydrogen) atoms. The van der Waals surface area contributed by atoms with E-state index >= 15 is 0 Å². The predicted octanol–water partition coefficient (Wildman–Crippen LogP) is 0.739. The van der Waals surface area contributed by atoms with Crippen molar-refractivity contribution in [3.05, 3.63) is 5.56 Å². The van der Waals surface area contributed by atoms with Gasteiger partial charge < -0.3 is 15.5 Å². The molecule has 1 aliphatic heterocycles. The molecule has 1 aliphatic rings. The smallest absolute Gasteiger partial charge is 0.157 e. The van der Waals surface area contributed by atoms with Crippen molar-refractivity contribution < 1.29 is 0 Å². The first-order chi connectivity index (χ1) is 7.76. The fourth-order valence-electron chi connectivity index (χ4n) is 1.88. The number of aromatic nitrogens is 1. The van der Waals surface area contributed by atoms with E-state index in [0.717, 1.165) is 37.7 Å². The lowest BCUT2D eigenvalue weighted by atomic mass is 10.2. The maximum atomic E-state index is 9.02. The highest BCUT2D eigenvalue weighted by Crippen LogP contribution is 2.30. The monoisotopic (exact) mass is 237 g/mol. The highest BCUT2D eigenvalue weighted by molar-refractivity contribution is 7.10. The molecule has 0 radical (unpaired) electrons. The predicted molar refractivity (Wildman–Crippen MR) is 65.6 cm³/mol. The lowest BCUT2D eigenvalue weighted by Crippen LogP contribution is -2.46. The zero-order valence-electron chi connectivity index (χ0n) is 9.31. The molecule has 1 aromatic rings. The second-order valence-electron chi connectivity index (χ2n) is 3.78. The van der Waals surface area contributed by atoms with Crippen molar-refractivity contribution in [2.45, 2.75) is 6.92 Å². The Labute approximate surface area is 99.2 Å². The van der Waals surface area contributed by atoms with Crippen molar-refractivity contribution in [2.75, 3.05) is 43.4 Å². The summed E-state index contributed by atoms with van der Waals surface area (Å²) in [5.74, 6) is 0.362. The maximum absolute atomic E-state index is 9.02. The van der Waals surface area contributed by atoms with Gasteiger partial charge in [-0.2, -0.15) is 9.64 Å². The first kappa shape index (κ1) is 11.2. The summed E-state index contributed by atoms with van der Waals surface area (Å²) in [5.41, 5.74) is 6.19. The van der Waals surface area contributed by atoms with Gasteiger partial charge in [0.1, 0.15) is 16.6 Å². The van der Waals surface area contributed by atoms with Gasteiger partial charge in [-0.1, -0.05) is 6.92 Å². The lowest BCUT2D eigenvalue weighted by molar-refractivity contribution is 0.271. The summed E-state index contributed by atoms with van der Waals surface area (Å²) in [6, 6.07) is 2.13. The van der Waals surface area contributed by atoms with Crippen LogP contribution in [-0.2, 0) is 0 Å². The van der Waals surface area contributed by atoms with Crippen LogP contribution in [0, 0.1) is 11.3 Å². The Morgan fingerprint density at radius 1 is 1.44 bits per heavy atom. The SMILES string of the molecule is CCN1CCN(c2snc(N)c2C#N)CC1. The number of piperazine rings is 1. The van der Waals surface area contributed by atoms with Gasteiger partial charge in [-0.05, 0) is 18.1 Å². The fourth-order valence-corrected chi connectivity index (χ4v) is 2.70. The number of likely N-dealkylation sites (N-methyl/N-ethyl adjacent to an activating group) is 1. The van der Waals surface area contributed by atoms with Crippen LogP contribution in [0.2, 0.25) is 0 Å². The Morgan fingerprint density at radius 2 is 2.12 bits per heavy atom. The highest BCUT2D eigenvalue weighted by Gasteiger charge is 2.21. The van der Waals surface area contributed by atoms with Crippen molar-refractivity contribution in [1.82, 2.24) is 9.27 Å². The third kappa shape index (κ3) is 1.96. The Balaban J connectivity index is 2.12. The second-order valence-corrected chi connectivity index (χ2v) is 4.53. The van der Waals surface area contributed by atoms with Gasteiger partial charge >= 0.3 is 0 Å². The number of rotatable bonds is 2. The van der Waals surface area contributed by atoms with E-state index in [9.17, 15) is 0 Å². The molecule has 0 aromatic carbocycles. The van der Waals surface area contributed by atoms with Gasteiger partial charge in [0.15, 0.2) is 5.82 Å². The van der Waals surface area contributed by atoms with Crippen LogP contribution in [0.25, 0.3) is 0 Å². The number of nitrogens with two attached hydrogens (primary N) is 1. The van der Waals surface area contributed by atoms with Crippen molar-refractivity contribution >= 4 is 22.4 Å². The molecule has 6 heteroatoms. The van der Waals surface area contributed by atoms with E-state index < -0.39 is 0 Å². The van der Waals surface area contributed by atoms with E-state index in [2.05, 4.69) is 27.2 Å². The van der Waals surface area contributed by atoms with E-state index in [1.165, 1.54) is 11.5 Å². The van der Waals surface area contributed by atoms with Crippen LogP contribution in [0.15, 0.2) is 0 Å². The first-order valence-corrected chi connectivity index (χ1v) is 6.16. The second kappa shape index (κ2) is 4.68. The van der Waals surface area contributed by atoms with Gasteiger partial charge in [0.2, 0.25) is 0 Å². The van der Waals surface area contributed by atoms with E-state index in [-0.39, 0.29) is 0 Å². The summed E-state index contributed by atoms with van der Waals surface area (Å²) in [6.45, 7) is 7.23. The van der Waals surface area contributed by atoms with Gasteiger partial charge in [0.05, 0.1) is 0 Å². The first-order valence-electron chi connectivity index (χ1n) is 5.38. The summed E-state index contributed by atoms with van der Waals surface area (Å²) in [7, 11) is 0. The largest absolute Gasteiger partial charge is 0.382 e. The third-order valence-corrected chi connectivity index (χ3v) is 3.84. The average molecular weight is 237 g/mol. The van der Waals surface area contributed by atoms with Gasteiger partial charge in [0.25, 0.3) is 0 Å². The number of anilines is 2. The molecule has 0 spiro atoms. The molecule has 0 aliphatic carbocycles. The van der Waals surface area contributed by atoms with Crippen LogP contribution in [0.5, 0.6) is 0 Å². The minimum atomic E-state index is 0.362. The number of nitriles is 1. The number of nitrogen functional groups attached to an aromatic ring is 1. The van der Waals surface area contributed by atoms with Crippen molar-refractivity contribution in [2.24, 2.45) is 0 Å². The molecular formula is C10H15N5S. The maximum Gasteiger partial charge on any atom is 0.157 e. The van der Waals surface area contributed by atoms with Crippen LogP contribution < -0.4 is 10.6 Å². The Kier molecular flexibility index (Phi) is 3.27. The van der Waals surface area contributed by atoms with E-state index in [0.29, 0.717) is 11.4 Å². The van der Waals surface area contributed by atoms with Crippen molar-refractivity contribution in [1.29, 1.82) is 5.26 Å². The van der Waals surface area contributed by atoms with Gasteiger partial charge in [-0.25, -0.2) is 0 Å². The van der Waals surface area contributed by atoms with Gasteiger partial charge in [0, 0.05) is 26.2 Å². The molecule has 0 amide bonds. The minimum absolute atomic E-state index is 0.362. The molecule has 5 nitrogen and oxygen atoms in total. The molecular weight excluding hydrogens is 222 g/mol. The highest BCUT2D eigenvalue weighted by atomic mass is 32.1. The quantitative estimate of drug-likeness (QED) is 0.821. The molecule has 1 aromatic heterocycles. The lowest BCUT2D eigenvalue weighted by Gasteiger charge is -2.34. The normalized spacial score (nSPS) is 17.4. The Hall–Kier alpha value is -1.32. The van der Waals surface area contributed by atoms with Crippen LogP contribution in [0.3, 0.4) is 0 Å². The van der Waals surface area contributed by atoms with Crippen molar-refractivity contribution in [3.8, 4) is 6.07 Å². The zero-order valence-corrected chi connectivity index (χ0v) is 10.1. The van der Waals surface area contributed by atoms with Crippen LogP contribution in [0.4, 0.5) is 10.8 Å². The van der Waals surface area contributed by atoms with Crippen LogP contribution >= 0.6 is 11.5 Å². The summed E-state index contributed by atoms with van der Waals surface area (Å²) < 4.78 is 4.04. The Morgan fingerprint density at radius 3 is 2.69 bits per heavy atom. The van der Waals surface area contributed by atoms with Crippen molar-refractivity contribution in [3.63, 3.8) is 0 Å². The summed E-state index contributed by atoms with van der Waals surface area (Å²) in [6.07, 6.45) is 0. The van der Waals surface area contributed by atoms with Crippen LogP contribution in [-0.4, -0.2) is 42.0 Å². The van der Waals surface area contributed by atoms with Gasteiger partial charge in [-0.15, -0.1) is 0 Å². The molecule has 2 N–H and O–H groups in total. The number of hydrogen-bond acceptors (Lipinski definition) is 6. The average Bonchev–Trinajstić information content (AvgIpc) is 2.70. The van der Waals surface area contributed by atoms with Gasteiger partial charge in [-0.3, -0.25) is 0 Å². The zero-order chi connectivity index (χ0) is 11.5. The molecule has 0 unspecified atom stereocenters. The molecule has 0 saturated carbocycles.